The van der Waals surface area contributed by atoms with Gasteiger partial charge in [-0.15, -0.1) is 11.3 Å². The second-order valence-electron chi connectivity index (χ2n) is 7.54. The molecule has 4 aromatic rings. The van der Waals surface area contributed by atoms with Gasteiger partial charge in [0.15, 0.2) is 5.65 Å². The third-order valence-electron chi connectivity index (χ3n) is 4.94. The Labute approximate surface area is 178 Å². The van der Waals surface area contributed by atoms with Gasteiger partial charge in [0.25, 0.3) is 5.91 Å². The molecule has 0 aromatic carbocycles. The van der Waals surface area contributed by atoms with Crippen molar-refractivity contribution in [3.63, 3.8) is 0 Å². The van der Waals surface area contributed by atoms with E-state index in [-0.39, 0.29) is 18.5 Å². The molecule has 0 aliphatic heterocycles. The van der Waals surface area contributed by atoms with Gasteiger partial charge in [0.1, 0.15) is 11.9 Å². The van der Waals surface area contributed by atoms with Gasteiger partial charge in [0.05, 0.1) is 35.6 Å². The normalized spacial score (nSPS) is 12.6. The van der Waals surface area contributed by atoms with Crippen molar-refractivity contribution >= 4 is 28.3 Å². The number of carbonyl (C=O) groups excluding carboxylic acids is 1. The summed E-state index contributed by atoms with van der Waals surface area (Å²) >= 11 is 1.70. The number of aryl methyl sites for hydroxylation is 2. The number of amides is 1. The summed E-state index contributed by atoms with van der Waals surface area (Å²) in [4.78, 5) is 20.2. The van der Waals surface area contributed by atoms with Crippen LogP contribution in [0.3, 0.4) is 0 Å². The van der Waals surface area contributed by atoms with Crippen LogP contribution >= 0.6 is 11.3 Å². The second-order valence-corrected chi connectivity index (χ2v) is 9.00. The minimum Gasteiger partial charge on any atom is -0.467 e. The van der Waals surface area contributed by atoms with E-state index >= 15 is 0 Å². The topological polar surface area (TPSA) is 93.2 Å². The third-order valence-corrected chi connectivity index (χ3v) is 5.91. The Hall–Kier alpha value is -2.97. The average molecular weight is 425 g/mol. The van der Waals surface area contributed by atoms with Crippen molar-refractivity contribution in [2.45, 2.75) is 39.8 Å². The third kappa shape index (κ3) is 3.76. The fraction of sp³-hybridized carbons (Fsp3) is 0.318. The molecule has 7 nitrogen and oxygen atoms in total. The number of thiophene rings is 1. The summed E-state index contributed by atoms with van der Waals surface area (Å²) in [6, 6.07) is 7.37. The molecule has 2 N–H and O–H groups in total. The van der Waals surface area contributed by atoms with Gasteiger partial charge in [0, 0.05) is 21.4 Å². The average Bonchev–Trinajstić information content (AvgIpc) is 3.44. The predicted molar refractivity (Wildman–Crippen MR) is 117 cm³/mol. The predicted octanol–water partition coefficient (Wildman–Crippen LogP) is 4.41. The van der Waals surface area contributed by atoms with Gasteiger partial charge in [-0.2, -0.15) is 5.10 Å². The fourth-order valence-corrected chi connectivity index (χ4v) is 4.41. The van der Waals surface area contributed by atoms with Crippen LogP contribution in [0.25, 0.3) is 22.3 Å². The van der Waals surface area contributed by atoms with E-state index in [1.165, 1.54) is 11.1 Å². The van der Waals surface area contributed by atoms with Gasteiger partial charge in [-0.25, -0.2) is 9.67 Å². The molecule has 0 radical (unpaired) electrons. The fourth-order valence-electron chi connectivity index (χ4n) is 3.47. The SMILES string of the molecule is Cc1cc(-c2cc(C(=O)NCC(O)c3ccco3)c3cnn(C(C)C)c3n2)c(C)s1. The largest absolute Gasteiger partial charge is 0.467 e. The summed E-state index contributed by atoms with van der Waals surface area (Å²) in [5.41, 5.74) is 2.91. The number of pyridine rings is 1. The first-order valence-electron chi connectivity index (χ1n) is 9.80. The van der Waals surface area contributed by atoms with E-state index in [2.05, 4.69) is 30.3 Å². The van der Waals surface area contributed by atoms with Crippen molar-refractivity contribution < 1.29 is 14.3 Å². The molecule has 1 amide bonds. The number of carbonyl (C=O) groups is 1. The molecule has 0 aliphatic rings. The van der Waals surface area contributed by atoms with Crippen molar-refractivity contribution in [2.24, 2.45) is 0 Å². The van der Waals surface area contributed by atoms with Gasteiger partial charge in [-0.05, 0) is 52.0 Å². The van der Waals surface area contributed by atoms with E-state index in [0.29, 0.717) is 22.4 Å². The van der Waals surface area contributed by atoms with Crippen molar-refractivity contribution in [1.29, 1.82) is 0 Å². The first-order valence-corrected chi connectivity index (χ1v) is 10.6. The number of aromatic nitrogens is 3. The van der Waals surface area contributed by atoms with Crippen LogP contribution in [0.4, 0.5) is 0 Å². The van der Waals surface area contributed by atoms with Gasteiger partial charge in [-0.1, -0.05) is 0 Å². The number of hydrogen-bond donors (Lipinski definition) is 2. The summed E-state index contributed by atoms with van der Waals surface area (Å²) in [6.45, 7) is 8.21. The van der Waals surface area contributed by atoms with Crippen molar-refractivity contribution in [2.75, 3.05) is 6.54 Å². The van der Waals surface area contributed by atoms with Crippen LogP contribution in [-0.2, 0) is 0 Å². The quantitative estimate of drug-likeness (QED) is 0.478. The Morgan fingerprint density at radius 1 is 1.33 bits per heavy atom. The lowest BCUT2D eigenvalue weighted by molar-refractivity contribution is 0.0902. The molecule has 0 saturated carbocycles. The van der Waals surface area contributed by atoms with Crippen LogP contribution in [0.2, 0.25) is 0 Å². The van der Waals surface area contributed by atoms with E-state index in [4.69, 9.17) is 9.40 Å². The number of furan rings is 1. The van der Waals surface area contributed by atoms with Crippen molar-refractivity contribution in [3.8, 4) is 11.3 Å². The maximum Gasteiger partial charge on any atom is 0.252 e. The van der Waals surface area contributed by atoms with E-state index in [1.807, 2.05) is 18.5 Å². The summed E-state index contributed by atoms with van der Waals surface area (Å²) < 4.78 is 7.02. The number of aliphatic hydroxyl groups is 1. The molecular formula is C22H24N4O3S. The molecule has 8 heteroatoms. The lowest BCUT2D eigenvalue weighted by Gasteiger charge is -2.12. The Morgan fingerprint density at radius 3 is 2.77 bits per heavy atom. The molecule has 0 spiro atoms. The van der Waals surface area contributed by atoms with Gasteiger partial charge < -0.3 is 14.8 Å². The standard InChI is InChI=1S/C22H24N4O3S/c1-12(2)26-21-17(10-24-26)16(9-18(25-21)15-8-13(3)30-14(15)4)22(28)23-11-19(27)20-6-5-7-29-20/h5-10,12,19,27H,11H2,1-4H3,(H,23,28). The van der Waals surface area contributed by atoms with E-state index in [0.717, 1.165) is 16.1 Å². The summed E-state index contributed by atoms with van der Waals surface area (Å²) in [6.07, 6.45) is 2.25. The highest BCUT2D eigenvalue weighted by atomic mass is 32.1. The van der Waals surface area contributed by atoms with Crippen LogP contribution in [0, 0.1) is 13.8 Å². The van der Waals surface area contributed by atoms with Gasteiger partial charge in [-0.3, -0.25) is 4.79 Å². The van der Waals surface area contributed by atoms with Crippen LogP contribution in [-0.4, -0.2) is 32.3 Å². The van der Waals surface area contributed by atoms with E-state index in [9.17, 15) is 9.90 Å². The lowest BCUT2D eigenvalue weighted by Crippen LogP contribution is -2.28. The first kappa shape index (κ1) is 20.3. The Bertz CT molecular complexity index is 1190. The summed E-state index contributed by atoms with van der Waals surface area (Å²) in [5, 5.41) is 18.2. The molecule has 30 heavy (non-hydrogen) atoms. The summed E-state index contributed by atoms with van der Waals surface area (Å²) in [5.74, 6) is 0.120. The van der Waals surface area contributed by atoms with E-state index in [1.54, 1.807) is 35.7 Å². The molecular weight excluding hydrogens is 400 g/mol. The molecule has 156 valence electrons. The highest BCUT2D eigenvalue weighted by Gasteiger charge is 2.21. The minimum absolute atomic E-state index is 0.0421. The molecule has 0 bridgehead atoms. The van der Waals surface area contributed by atoms with Crippen LogP contribution < -0.4 is 5.32 Å². The Kier molecular flexibility index (Phi) is 5.44. The van der Waals surface area contributed by atoms with E-state index < -0.39 is 6.10 Å². The highest BCUT2D eigenvalue weighted by molar-refractivity contribution is 7.12. The zero-order valence-electron chi connectivity index (χ0n) is 17.3. The molecule has 1 atom stereocenters. The monoisotopic (exact) mass is 424 g/mol. The second kappa shape index (κ2) is 8.04. The number of hydrogen-bond acceptors (Lipinski definition) is 6. The van der Waals surface area contributed by atoms with Crippen LogP contribution in [0.1, 0.15) is 51.9 Å². The molecule has 0 fully saturated rings. The molecule has 4 heterocycles. The van der Waals surface area contributed by atoms with Gasteiger partial charge >= 0.3 is 0 Å². The molecule has 4 rings (SSSR count). The van der Waals surface area contributed by atoms with Crippen LogP contribution in [0.5, 0.6) is 0 Å². The highest BCUT2D eigenvalue weighted by Crippen LogP contribution is 2.32. The zero-order chi connectivity index (χ0) is 21.4. The Balaban J connectivity index is 1.74. The maximum absolute atomic E-state index is 13.1. The minimum atomic E-state index is -0.916. The maximum atomic E-state index is 13.1. The number of nitrogens with one attached hydrogen (secondary N) is 1. The zero-order valence-corrected chi connectivity index (χ0v) is 18.2. The molecule has 4 aromatic heterocycles. The number of fused-ring (bicyclic) bond motifs is 1. The molecule has 0 aliphatic carbocycles. The van der Waals surface area contributed by atoms with Crippen molar-refractivity contribution in [3.05, 3.63) is 57.8 Å². The lowest BCUT2D eigenvalue weighted by atomic mass is 10.1. The van der Waals surface area contributed by atoms with Crippen LogP contribution in [0.15, 0.2) is 41.1 Å². The number of nitrogens with zero attached hydrogens (tertiary/aromatic N) is 3. The number of aliphatic hydroxyl groups excluding tert-OH is 1. The first-order chi connectivity index (χ1) is 14.3. The molecule has 1 unspecified atom stereocenters. The Morgan fingerprint density at radius 2 is 2.13 bits per heavy atom. The molecule has 0 saturated heterocycles. The summed E-state index contributed by atoms with van der Waals surface area (Å²) in [7, 11) is 0. The number of rotatable bonds is 6. The smallest absolute Gasteiger partial charge is 0.252 e. The van der Waals surface area contributed by atoms with Crippen molar-refractivity contribution in [1.82, 2.24) is 20.1 Å². The van der Waals surface area contributed by atoms with Gasteiger partial charge in [0.2, 0.25) is 0 Å².